The van der Waals surface area contributed by atoms with E-state index in [1.54, 1.807) is 31.2 Å². The van der Waals surface area contributed by atoms with Crippen LogP contribution in [0.4, 0.5) is 4.39 Å². The van der Waals surface area contributed by atoms with Gasteiger partial charge in [0.2, 0.25) is 0 Å². The molecule has 2 aromatic rings. The normalized spacial score (nSPS) is 11.9. The summed E-state index contributed by atoms with van der Waals surface area (Å²) >= 11 is 0. The summed E-state index contributed by atoms with van der Waals surface area (Å²) in [5, 5.41) is 18.6. The van der Waals surface area contributed by atoms with Gasteiger partial charge in [0.25, 0.3) is 0 Å². The molecule has 0 aromatic heterocycles. The number of benzene rings is 2. The van der Waals surface area contributed by atoms with Gasteiger partial charge in [-0.1, -0.05) is 30.3 Å². The van der Waals surface area contributed by atoms with Gasteiger partial charge in [0, 0.05) is 0 Å². The number of hydrogen-bond donors (Lipinski definition) is 2. The zero-order chi connectivity index (χ0) is 16.3. The molecule has 4 nitrogen and oxygen atoms in total. The highest BCUT2D eigenvalue weighted by Gasteiger charge is 2.23. The largest absolute Gasteiger partial charge is 0.481 e. The van der Waals surface area contributed by atoms with E-state index in [4.69, 9.17) is 5.11 Å². The first-order valence-corrected chi connectivity index (χ1v) is 6.70. The maximum absolute atomic E-state index is 13.7. The fraction of sp³-hybridized carbons (Fsp3) is 0.176. The first-order chi connectivity index (χ1) is 10.4. The van der Waals surface area contributed by atoms with Gasteiger partial charge in [-0.3, -0.25) is 4.79 Å². The molecule has 114 valence electrons. The van der Waals surface area contributed by atoms with Gasteiger partial charge >= 0.3 is 11.9 Å². The van der Waals surface area contributed by atoms with Gasteiger partial charge in [-0.15, -0.1) is 0 Å². The minimum Gasteiger partial charge on any atom is -0.481 e. The number of halogens is 1. The van der Waals surface area contributed by atoms with Crippen LogP contribution in [0.3, 0.4) is 0 Å². The van der Waals surface area contributed by atoms with Crippen molar-refractivity contribution in [3.8, 4) is 0 Å². The van der Waals surface area contributed by atoms with Gasteiger partial charge in [0.05, 0.1) is 11.5 Å². The van der Waals surface area contributed by atoms with Gasteiger partial charge in [0.15, 0.2) is 0 Å². The molecule has 0 bridgehead atoms. The lowest BCUT2D eigenvalue weighted by Crippen LogP contribution is -2.16. The van der Waals surface area contributed by atoms with Crippen molar-refractivity contribution in [2.24, 2.45) is 0 Å². The Labute approximate surface area is 126 Å². The summed E-state index contributed by atoms with van der Waals surface area (Å²) in [6, 6.07) is 10.5. The average molecular weight is 302 g/mol. The van der Waals surface area contributed by atoms with E-state index in [-0.39, 0.29) is 12.0 Å². The maximum atomic E-state index is 13.7. The number of aryl methyl sites for hydroxylation is 1. The molecule has 0 radical (unpaired) electrons. The van der Waals surface area contributed by atoms with E-state index in [1.165, 1.54) is 18.2 Å². The van der Waals surface area contributed by atoms with Crippen molar-refractivity contribution < 1.29 is 24.2 Å². The molecule has 0 saturated heterocycles. The lowest BCUT2D eigenvalue weighted by molar-refractivity contribution is -0.138. The highest BCUT2D eigenvalue weighted by atomic mass is 19.1. The van der Waals surface area contributed by atoms with Crippen LogP contribution in [0.25, 0.3) is 0 Å². The molecule has 2 aromatic carbocycles. The fourth-order valence-electron chi connectivity index (χ4n) is 2.30. The standard InChI is InChI=1S/C17H15FO4/c1-10-6-7-12(9-15(10)18)14(17(21)22)8-11-4-2-3-5-13(11)16(19)20/h2-7,9,14H,8H2,1H3,(H,19,20)(H,21,22). The number of carbonyl (C=O) groups is 2. The molecule has 1 atom stereocenters. The van der Waals surface area contributed by atoms with Crippen molar-refractivity contribution in [1.82, 2.24) is 0 Å². The predicted octanol–water partition coefficient (Wildman–Crippen LogP) is 3.24. The Hall–Kier alpha value is -2.69. The van der Waals surface area contributed by atoms with Gasteiger partial charge in [-0.25, -0.2) is 9.18 Å². The molecule has 2 N–H and O–H groups in total. The lowest BCUT2D eigenvalue weighted by atomic mass is 9.89. The zero-order valence-electron chi connectivity index (χ0n) is 11.9. The molecule has 2 rings (SSSR count). The number of carboxylic acid groups (broad SMARTS) is 2. The van der Waals surface area contributed by atoms with E-state index in [1.807, 2.05) is 0 Å². The molecule has 0 spiro atoms. The molecule has 0 fully saturated rings. The van der Waals surface area contributed by atoms with Gasteiger partial charge < -0.3 is 10.2 Å². The summed E-state index contributed by atoms with van der Waals surface area (Å²) in [7, 11) is 0. The van der Waals surface area contributed by atoms with Crippen molar-refractivity contribution >= 4 is 11.9 Å². The Bertz CT molecular complexity index is 724. The van der Waals surface area contributed by atoms with Gasteiger partial charge in [-0.2, -0.15) is 0 Å². The first kappa shape index (κ1) is 15.7. The summed E-state index contributed by atoms with van der Waals surface area (Å²) in [5.74, 6) is -3.72. The van der Waals surface area contributed by atoms with Crippen LogP contribution < -0.4 is 0 Å². The number of carboxylic acids is 2. The highest BCUT2D eigenvalue weighted by molar-refractivity contribution is 5.89. The Morgan fingerprint density at radius 1 is 1.14 bits per heavy atom. The van der Waals surface area contributed by atoms with Crippen LogP contribution in [0.15, 0.2) is 42.5 Å². The number of rotatable bonds is 5. The molecular formula is C17H15FO4. The summed E-state index contributed by atoms with van der Waals surface area (Å²) in [6.45, 7) is 1.59. The van der Waals surface area contributed by atoms with Crippen LogP contribution in [0.1, 0.15) is 33.0 Å². The van der Waals surface area contributed by atoms with Gasteiger partial charge in [-0.05, 0) is 42.2 Å². The van der Waals surface area contributed by atoms with Crippen LogP contribution in [0, 0.1) is 12.7 Å². The first-order valence-electron chi connectivity index (χ1n) is 6.70. The van der Waals surface area contributed by atoms with E-state index < -0.39 is 23.7 Å². The maximum Gasteiger partial charge on any atom is 0.335 e. The second-order valence-corrected chi connectivity index (χ2v) is 5.07. The van der Waals surface area contributed by atoms with E-state index in [9.17, 15) is 19.1 Å². The number of hydrogen-bond acceptors (Lipinski definition) is 2. The zero-order valence-corrected chi connectivity index (χ0v) is 11.9. The molecular weight excluding hydrogens is 287 g/mol. The Kier molecular flexibility index (Phi) is 4.56. The number of aliphatic carboxylic acids is 1. The lowest BCUT2D eigenvalue weighted by Gasteiger charge is -2.15. The fourth-order valence-corrected chi connectivity index (χ4v) is 2.30. The van der Waals surface area contributed by atoms with Crippen LogP contribution in [0.2, 0.25) is 0 Å². The Morgan fingerprint density at radius 3 is 2.41 bits per heavy atom. The Morgan fingerprint density at radius 2 is 1.82 bits per heavy atom. The molecule has 1 unspecified atom stereocenters. The summed E-state index contributed by atoms with van der Waals surface area (Å²) in [4.78, 5) is 22.7. The van der Waals surface area contributed by atoms with Crippen LogP contribution in [0.5, 0.6) is 0 Å². The van der Waals surface area contributed by atoms with E-state index in [2.05, 4.69) is 0 Å². The topological polar surface area (TPSA) is 74.6 Å². The third kappa shape index (κ3) is 3.31. The highest BCUT2D eigenvalue weighted by Crippen LogP contribution is 2.25. The third-order valence-electron chi connectivity index (χ3n) is 3.57. The van der Waals surface area contributed by atoms with Crippen LogP contribution in [-0.2, 0) is 11.2 Å². The monoisotopic (exact) mass is 302 g/mol. The molecule has 0 amide bonds. The smallest absolute Gasteiger partial charge is 0.335 e. The van der Waals surface area contributed by atoms with E-state index in [0.717, 1.165) is 0 Å². The predicted molar refractivity (Wildman–Crippen MR) is 78.6 cm³/mol. The molecule has 22 heavy (non-hydrogen) atoms. The molecule has 5 heteroatoms. The summed E-state index contributed by atoms with van der Waals surface area (Å²) < 4.78 is 13.7. The van der Waals surface area contributed by atoms with Gasteiger partial charge in [0.1, 0.15) is 5.82 Å². The van der Waals surface area contributed by atoms with Crippen molar-refractivity contribution in [3.05, 3.63) is 70.5 Å². The van der Waals surface area contributed by atoms with Crippen LogP contribution >= 0.6 is 0 Å². The van der Waals surface area contributed by atoms with Crippen molar-refractivity contribution in [2.75, 3.05) is 0 Å². The molecule has 0 aliphatic heterocycles. The molecule has 0 heterocycles. The van der Waals surface area contributed by atoms with Crippen molar-refractivity contribution in [3.63, 3.8) is 0 Å². The second kappa shape index (κ2) is 6.39. The Balaban J connectivity index is 2.40. The SMILES string of the molecule is Cc1ccc(C(Cc2ccccc2C(=O)O)C(=O)O)cc1F. The average Bonchev–Trinajstić information content (AvgIpc) is 2.47. The molecule has 0 aliphatic rings. The van der Waals surface area contributed by atoms with Crippen molar-refractivity contribution in [1.29, 1.82) is 0 Å². The quantitative estimate of drug-likeness (QED) is 0.889. The molecule has 0 saturated carbocycles. The molecule has 0 aliphatic carbocycles. The minimum atomic E-state index is -1.12. The second-order valence-electron chi connectivity index (χ2n) is 5.07. The third-order valence-corrected chi connectivity index (χ3v) is 3.57. The van der Waals surface area contributed by atoms with Crippen LogP contribution in [-0.4, -0.2) is 22.2 Å². The van der Waals surface area contributed by atoms with Crippen molar-refractivity contribution in [2.45, 2.75) is 19.3 Å². The van der Waals surface area contributed by atoms with E-state index >= 15 is 0 Å². The summed E-state index contributed by atoms with van der Waals surface area (Å²) in [5.41, 5.74) is 1.21. The number of aromatic carboxylic acids is 1. The van der Waals surface area contributed by atoms with E-state index in [0.29, 0.717) is 16.7 Å². The minimum absolute atomic E-state index is 0.0136. The summed E-state index contributed by atoms with van der Waals surface area (Å²) in [6.07, 6.45) is -0.0136.